The van der Waals surface area contributed by atoms with Crippen molar-refractivity contribution in [3.8, 4) is 12.1 Å². The molecule has 0 aromatic heterocycles. The quantitative estimate of drug-likeness (QED) is 0.492. The second-order valence-electron chi connectivity index (χ2n) is 9.70. The van der Waals surface area contributed by atoms with Gasteiger partial charge in [-0.3, -0.25) is 0 Å². The third-order valence-corrected chi connectivity index (χ3v) is 6.10. The monoisotopic (exact) mass is 400 g/mol. The first-order chi connectivity index (χ1) is 14.0. The van der Waals surface area contributed by atoms with Gasteiger partial charge in [0.15, 0.2) is 0 Å². The summed E-state index contributed by atoms with van der Waals surface area (Å²) in [6.07, 6.45) is 0. The SMILES string of the molecule is CC(C)c1cc(C#N)cc(C(C)C)c1C(C)c1c(C(C)C)cc(C#N)cc1C(C)C. The van der Waals surface area contributed by atoms with Crippen molar-refractivity contribution in [1.82, 2.24) is 0 Å². The summed E-state index contributed by atoms with van der Waals surface area (Å²) in [4.78, 5) is 0. The molecule has 2 aromatic carbocycles. The molecule has 158 valence electrons. The number of nitriles is 2. The maximum absolute atomic E-state index is 9.61. The molecule has 0 aliphatic heterocycles. The topological polar surface area (TPSA) is 47.6 Å². The molecule has 0 N–H and O–H groups in total. The Hall–Kier alpha value is -2.58. The summed E-state index contributed by atoms with van der Waals surface area (Å²) < 4.78 is 0. The minimum atomic E-state index is 0.190. The molecule has 0 spiro atoms. The minimum Gasteiger partial charge on any atom is -0.192 e. The van der Waals surface area contributed by atoms with Gasteiger partial charge in [-0.25, -0.2) is 0 Å². The fourth-order valence-electron chi connectivity index (χ4n) is 4.58. The third-order valence-electron chi connectivity index (χ3n) is 6.10. The standard InChI is InChI=1S/C28H36N2/c1-16(2)23-10-21(14-29)11-24(17(3)4)27(23)20(9)28-25(18(5)6)12-22(15-30)13-26(28)19(7)8/h10-13,16-20H,1-9H3. The lowest BCUT2D eigenvalue weighted by Crippen LogP contribution is -2.14. The van der Waals surface area contributed by atoms with E-state index >= 15 is 0 Å². The van der Waals surface area contributed by atoms with Crippen molar-refractivity contribution in [3.05, 3.63) is 68.8 Å². The molecule has 0 saturated carbocycles. The molecule has 0 amide bonds. The van der Waals surface area contributed by atoms with E-state index in [0.29, 0.717) is 23.7 Å². The van der Waals surface area contributed by atoms with Gasteiger partial charge in [0.25, 0.3) is 0 Å². The van der Waals surface area contributed by atoms with Crippen LogP contribution in [0.4, 0.5) is 0 Å². The van der Waals surface area contributed by atoms with E-state index in [4.69, 9.17) is 0 Å². The van der Waals surface area contributed by atoms with Crippen LogP contribution in [0.15, 0.2) is 24.3 Å². The van der Waals surface area contributed by atoms with Crippen LogP contribution in [0.3, 0.4) is 0 Å². The minimum absolute atomic E-state index is 0.190. The van der Waals surface area contributed by atoms with Crippen LogP contribution in [0.2, 0.25) is 0 Å². The lowest BCUT2D eigenvalue weighted by molar-refractivity contribution is 0.730. The van der Waals surface area contributed by atoms with Gasteiger partial charge in [0.05, 0.1) is 23.3 Å². The van der Waals surface area contributed by atoms with E-state index in [-0.39, 0.29) is 5.92 Å². The van der Waals surface area contributed by atoms with E-state index in [0.717, 1.165) is 11.1 Å². The second kappa shape index (κ2) is 9.49. The van der Waals surface area contributed by atoms with Crippen molar-refractivity contribution in [2.24, 2.45) is 0 Å². The third kappa shape index (κ3) is 4.60. The van der Waals surface area contributed by atoms with Gasteiger partial charge in [-0.2, -0.15) is 10.5 Å². The molecule has 0 bridgehead atoms. The van der Waals surface area contributed by atoms with Crippen LogP contribution < -0.4 is 0 Å². The fourth-order valence-corrected chi connectivity index (χ4v) is 4.58. The zero-order valence-electron chi connectivity index (χ0n) is 20.1. The molecule has 0 saturated heterocycles. The Kier molecular flexibility index (Phi) is 7.49. The van der Waals surface area contributed by atoms with E-state index in [1.807, 2.05) is 0 Å². The summed E-state index contributed by atoms with van der Waals surface area (Å²) >= 11 is 0. The summed E-state index contributed by atoms with van der Waals surface area (Å²) in [6, 6.07) is 13.0. The van der Waals surface area contributed by atoms with Crippen molar-refractivity contribution < 1.29 is 0 Å². The number of benzene rings is 2. The first kappa shape index (κ1) is 23.7. The number of nitrogens with zero attached hydrogens (tertiary/aromatic N) is 2. The van der Waals surface area contributed by atoms with Gasteiger partial charge in [0.1, 0.15) is 0 Å². The molecule has 0 fully saturated rings. The predicted octanol–water partition coefficient (Wildman–Crippen LogP) is 8.08. The molecule has 30 heavy (non-hydrogen) atoms. The molecule has 0 unspecified atom stereocenters. The van der Waals surface area contributed by atoms with Gasteiger partial charge >= 0.3 is 0 Å². The van der Waals surface area contributed by atoms with Crippen molar-refractivity contribution >= 4 is 0 Å². The molecule has 0 heterocycles. The van der Waals surface area contributed by atoms with E-state index in [1.54, 1.807) is 0 Å². The van der Waals surface area contributed by atoms with E-state index in [9.17, 15) is 10.5 Å². The molecule has 0 aliphatic rings. The van der Waals surface area contributed by atoms with Gasteiger partial charge in [0.2, 0.25) is 0 Å². The zero-order chi connectivity index (χ0) is 22.7. The molecule has 2 heteroatoms. The molecule has 2 rings (SSSR count). The normalized spacial score (nSPS) is 11.6. The molecule has 0 aliphatic carbocycles. The van der Waals surface area contributed by atoms with E-state index in [1.165, 1.54) is 33.4 Å². The van der Waals surface area contributed by atoms with Gasteiger partial charge in [-0.15, -0.1) is 0 Å². The molecule has 0 atom stereocenters. The Labute approximate surface area is 183 Å². The number of hydrogen-bond acceptors (Lipinski definition) is 2. The fraction of sp³-hybridized carbons (Fsp3) is 0.500. The highest BCUT2D eigenvalue weighted by molar-refractivity contribution is 5.56. The number of hydrogen-bond donors (Lipinski definition) is 0. The van der Waals surface area contributed by atoms with Crippen LogP contribution >= 0.6 is 0 Å². The Morgan fingerprint density at radius 1 is 0.500 bits per heavy atom. The lowest BCUT2D eigenvalue weighted by Gasteiger charge is -2.30. The first-order valence-electron chi connectivity index (χ1n) is 11.2. The summed E-state index contributed by atoms with van der Waals surface area (Å²) in [5.41, 5.74) is 9.24. The predicted molar refractivity (Wildman–Crippen MR) is 126 cm³/mol. The van der Waals surface area contributed by atoms with E-state index in [2.05, 4.69) is 98.7 Å². The van der Waals surface area contributed by atoms with Gasteiger partial charge in [-0.05, 0) is 81.3 Å². The van der Waals surface area contributed by atoms with Crippen LogP contribution in [0.1, 0.15) is 136 Å². The maximum Gasteiger partial charge on any atom is 0.0991 e. The van der Waals surface area contributed by atoms with Crippen molar-refractivity contribution in [1.29, 1.82) is 10.5 Å². The maximum atomic E-state index is 9.61. The number of rotatable bonds is 6. The van der Waals surface area contributed by atoms with Crippen LogP contribution in [-0.2, 0) is 0 Å². The largest absolute Gasteiger partial charge is 0.192 e. The summed E-state index contributed by atoms with van der Waals surface area (Å²) in [5.74, 6) is 1.51. The highest BCUT2D eigenvalue weighted by atomic mass is 14.3. The second-order valence-corrected chi connectivity index (χ2v) is 9.70. The lowest BCUT2D eigenvalue weighted by atomic mass is 9.74. The molecular formula is C28H36N2. The molecule has 2 nitrogen and oxygen atoms in total. The summed E-state index contributed by atoms with van der Waals surface area (Å²) in [5, 5.41) is 19.2. The zero-order valence-corrected chi connectivity index (χ0v) is 20.1. The average Bonchev–Trinajstić information content (AvgIpc) is 2.70. The highest BCUT2D eigenvalue weighted by Crippen LogP contribution is 2.43. The van der Waals surface area contributed by atoms with Crippen molar-refractivity contribution in [3.63, 3.8) is 0 Å². The Balaban J connectivity index is 2.95. The Morgan fingerprint density at radius 2 is 0.733 bits per heavy atom. The van der Waals surface area contributed by atoms with E-state index < -0.39 is 0 Å². The van der Waals surface area contributed by atoms with Crippen LogP contribution in [0.5, 0.6) is 0 Å². The molecule has 2 aromatic rings. The smallest absolute Gasteiger partial charge is 0.0991 e. The van der Waals surface area contributed by atoms with Crippen molar-refractivity contribution in [2.75, 3.05) is 0 Å². The van der Waals surface area contributed by atoms with Crippen LogP contribution in [0.25, 0.3) is 0 Å². The van der Waals surface area contributed by atoms with Gasteiger partial charge in [0, 0.05) is 5.92 Å². The summed E-state index contributed by atoms with van der Waals surface area (Å²) in [7, 11) is 0. The Bertz CT molecular complexity index is 855. The van der Waals surface area contributed by atoms with Crippen LogP contribution in [0, 0.1) is 22.7 Å². The summed E-state index contributed by atoms with van der Waals surface area (Å²) in [6.45, 7) is 20.0. The first-order valence-corrected chi connectivity index (χ1v) is 11.2. The highest BCUT2D eigenvalue weighted by Gasteiger charge is 2.27. The average molecular weight is 401 g/mol. The van der Waals surface area contributed by atoms with Crippen LogP contribution in [-0.4, -0.2) is 0 Å². The molecule has 0 radical (unpaired) electrons. The van der Waals surface area contributed by atoms with Gasteiger partial charge < -0.3 is 0 Å². The van der Waals surface area contributed by atoms with Gasteiger partial charge in [-0.1, -0.05) is 62.3 Å². The Morgan fingerprint density at radius 3 is 0.900 bits per heavy atom. The van der Waals surface area contributed by atoms with Crippen molar-refractivity contribution in [2.45, 2.75) is 91.9 Å². The molecular weight excluding hydrogens is 364 g/mol.